The van der Waals surface area contributed by atoms with Gasteiger partial charge in [0.25, 0.3) is 5.91 Å². The summed E-state index contributed by atoms with van der Waals surface area (Å²) in [5.41, 5.74) is 3.66. The predicted octanol–water partition coefficient (Wildman–Crippen LogP) is 5.62. The van der Waals surface area contributed by atoms with Gasteiger partial charge in [-0.05, 0) is 41.7 Å². The average Bonchev–Trinajstić information content (AvgIpc) is 2.96. The van der Waals surface area contributed by atoms with Crippen LogP contribution in [0, 0.1) is 5.92 Å². The van der Waals surface area contributed by atoms with Gasteiger partial charge in [-0.2, -0.15) is 0 Å². The van der Waals surface area contributed by atoms with Crippen molar-refractivity contribution in [3.63, 3.8) is 0 Å². The normalized spacial score (nSPS) is 15.1. The molecule has 2 amide bonds. The first kappa shape index (κ1) is 27.4. The molecule has 200 valence electrons. The van der Waals surface area contributed by atoms with Crippen LogP contribution in [0.2, 0.25) is 0 Å². The van der Waals surface area contributed by atoms with Crippen LogP contribution in [0.4, 0.5) is 5.69 Å². The Balaban J connectivity index is 1.70. The summed E-state index contributed by atoms with van der Waals surface area (Å²) >= 11 is 0. The molecular weight excluding hydrogens is 474 g/mol. The van der Waals surface area contributed by atoms with Crippen LogP contribution in [-0.4, -0.2) is 54.9 Å². The molecule has 0 N–H and O–H groups in total. The van der Waals surface area contributed by atoms with Crippen molar-refractivity contribution in [2.75, 3.05) is 38.2 Å². The van der Waals surface area contributed by atoms with E-state index in [0.29, 0.717) is 37.4 Å². The lowest BCUT2D eigenvalue weighted by Crippen LogP contribution is -2.38. The summed E-state index contributed by atoms with van der Waals surface area (Å²) in [6, 6.07) is 25.8. The molecule has 1 aliphatic heterocycles. The van der Waals surface area contributed by atoms with Gasteiger partial charge in [-0.1, -0.05) is 74.5 Å². The number of carbonyl (C=O) groups excluding carboxylic acids is 2. The van der Waals surface area contributed by atoms with E-state index in [0.717, 1.165) is 37.3 Å². The molecule has 1 heterocycles. The standard InChI is InChI=1S/C32H39N3O3/c1-25(2)22-31(36)35-19-11-18-33(23-26-12-5-4-6-13-26)20-21-34(24-27-14-7-9-16-29(27)35)32(37)28-15-8-10-17-30(28)38-3/h4-10,12-17,25H,11,18-24H2,1-3H3. The van der Waals surface area contributed by atoms with Crippen LogP contribution >= 0.6 is 0 Å². The number of benzene rings is 3. The van der Waals surface area contributed by atoms with Crippen LogP contribution in [0.3, 0.4) is 0 Å². The van der Waals surface area contributed by atoms with Crippen molar-refractivity contribution in [2.45, 2.75) is 39.8 Å². The average molecular weight is 514 g/mol. The van der Waals surface area contributed by atoms with E-state index in [9.17, 15) is 9.59 Å². The summed E-state index contributed by atoms with van der Waals surface area (Å²) in [5, 5.41) is 0. The molecule has 0 aliphatic carbocycles. The number of ether oxygens (including phenoxy) is 1. The smallest absolute Gasteiger partial charge is 0.257 e. The maximum absolute atomic E-state index is 13.9. The van der Waals surface area contributed by atoms with E-state index in [1.54, 1.807) is 7.11 Å². The zero-order valence-electron chi connectivity index (χ0n) is 22.8. The third-order valence-corrected chi connectivity index (χ3v) is 6.94. The number of rotatable bonds is 6. The van der Waals surface area contributed by atoms with Crippen molar-refractivity contribution in [2.24, 2.45) is 5.92 Å². The third-order valence-electron chi connectivity index (χ3n) is 6.94. The van der Waals surface area contributed by atoms with Crippen LogP contribution in [0.25, 0.3) is 0 Å². The quantitative estimate of drug-likeness (QED) is 0.429. The Morgan fingerprint density at radius 2 is 1.55 bits per heavy atom. The molecule has 0 atom stereocenters. The molecule has 0 saturated heterocycles. The van der Waals surface area contributed by atoms with Crippen LogP contribution in [0.15, 0.2) is 78.9 Å². The second kappa shape index (κ2) is 13.2. The largest absolute Gasteiger partial charge is 0.496 e. The van der Waals surface area contributed by atoms with Gasteiger partial charge in [0.15, 0.2) is 0 Å². The lowest BCUT2D eigenvalue weighted by Gasteiger charge is -2.29. The number of anilines is 1. The number of nitrogens with zero attached hydrogens (tertiary/aromatic N) is 3. The molecule has 0 aromatic heterocycles. The number of hydrogen-bond donors (Lipinski definition) is 0. The first-order chi connectivity index (χ1) is 18.5. The molecule has 0 unspecified atom stereocenters. The molecule has 0 fully saturated rings. The van der Waals surface area contributed by atoms with Gasteiger partial charge in [-0.25, -0.2) is 0 Å². The van der Waals surface area contributed by atoms with Crippen molar-refractivity contribution >= 4 is 17.5 Å². The van der Waals surface area contributed by atoms with Gasteiger partial charge >= 0.3 is 0 Å². The van der Waals surface area contributed by atoms with E-state index in [4.69, 9.17) is 4.74 Å². The molecule has 0 saturated carbocycles. The topological polar surface area (TPSA) is 53.1 Å². The Hall–Kier alpha value is -3.64. The molecule has 0 spiro atoms. The monoisotopic (exact) mass is 513 g/mol. The number of amides is 2. The number of fused-ring (bicyclic) bond motifs is 1. The van der Waals surface area contributed by atoms with E-state index >= 15 is 0 Å². The molecule has 38 heavy (non-hydrogen) atoms. The molecule has 6 nitrogen and oxygen atoms in total. The van der Waals surface area contributed by atoms with E-state index in [2.05, 4.69) is 43.0 Å². The Kier molecular flexibility index (Phi) is 9.55. The molecule has 1 aliphatic rings. The fraction of sp³-hybridized carbons (Fsp3) is 0.375. The maximum Gasteiger partial charge on any atom is 0.257 e. The van der Waals surface area contributed by atoms with Crippen LogP contribution in [-0.2, 0) is 17.9 Å². The first-order valence-corrected chi connectivity index (χ1v) is 13.5. The zero-order chi connectivity index (χ0) is 26.9. The molecule has 4 rings (SSSR count). The Labute approximate surface area is 226 Å². The van der Waals surface area contributed by atoms with Gasteiger partial charge < -0.3 is 14.5 Å². The van der Waals surface area contributed by atoms with Gasteiger partial charge in [0.05, 0.1) is 12.7 Å². The second-order valence-corrected chi connectivity index (χ2v) is 10.3. The maximum atomic E-state index is 13.9. The van der Waals surface area contributed by atoms with Crippen molar-refractivity contribution < 1.29 is 14.3 Å². The molecule has 6 heteroatoms. The van der Waals surface area contributed by atoms with Gasteiger partial charge in [-0.3, -0.25) is 14.5 Å². The predicted molar refractivity (Wildman–Crippen MR) is 152 cm³/mol. The fourth-order valence-corrected chi connectivity index (χ4v) is 5.02. The van der Waals surface area contributed by atoms with Gasteiger partial charge in [0.2, 0.25) is 5.91 Å². The van der Waals surface area contributed by atoms with Crippen LogP contribution in [0.1, 0.15) is 48.2 Å². The van der Waals surface area contributed by atoms with Crippen molar-refractivity contribution in [1.29, 1.82) is 0 Å². The number of para-hydroxylation sites is 2. The van der Waals surface area contributed by atoms with Crippen molar-refractivity contribution in [3.8, 4) is 5.75 Å². The molecule has 0 radical (unpaired) electrons. The summed E-state index contributed by atoms with van der Waals surface area (Å²) < 4.78 is 5.52. The SMILES string of the molecule is COc1ccccc1C(=O)N1CCN(Cc2ccccc2)CCCN(C(=O)CC(C)C)c2ccccc2C1. The van der Waals surface area contributed by atoms with Gasteiger partial charge in [-0.15, -0.1) is 0 Å². The van der Waals surface area contributed by atoms with Gasteiger partial charge in [0, 0.05) is 51.4 Å². The minimum absolute atomic E-state index is 0.0729. The lowest BCUT2D eigenvalue weighted by molar-refractivity contribution is -0.119. The Bertz CT molecular complexity index is 1210. The minimum atomic E-state index is -0.0729. The third kappa shape index (κ3) is 7.01. The minimum Gasteiger partial charge on any atom is -0.496 e. The lowest BCUT2D eigenvalue weighted by atomic mass is 10.1. The Morgan fingerprint density at radius 3 is 2.32 bits per heavy atom. The highest BCUT2D eigenvalue weighted by molar-refractivity contribution is 5.97. The number of carbonyl (C=O) groups is 2. The van der Waals surface area contributed by atoms with E-state index in [1.807, 2.05) is 64.4 Å². The van der Waals surface area contributed by atoms with E-state index < -0.39 is 0 Å². The van der Waals surface area contributed by atoms with Crippen LogP contribution in [0.5, 0.6) is 5.75 Å². The molecule has 3 aromatic rings. The molecular formula is C32H39N3O3. The van der Waals surface area contributed by atoms with Crippen molar-refractivity contribution in [1.82, 2.24) is 9.80 Å². The number of methoxy groups -OCH3 is 1. The summed E-state index contributed by atoms with van der Waals surface area (Å²) in [6.07, 6.45) is 1.34. The van der Waals surface area contributed by atoms with Crippen molar-refractivity contribution in [3.05, 3.63) is 95.6 Å². The molecule has 0 bridgehead atoms. The zero-order valence-corrected chi connectivity index (χ0v) is 22.8. The highest BCUT2D eigenvalue weighted by atomic mass is 16.5. The first-order valence-electron chi connectivity index (χ1n) is 13.5. The second-order valence-electron chi connectivity index (χ2n) is 10.3. The fourth-order valence-electron chi connectivity index (χ4n) is 5.02. The number of hydrogen-bond acceptors (Lipinski definition) is 4. The van der Waals surface area contributed by atoms with Crippen LogP contribution < -0.4 is 9.64 Å². The summed E-state index contributed by atoms with van der Waals surface area (Å²) in [5.74, 6) is 0.890. The summed E-state index contributed by atoms with van der Waals surface area (Å²) in [4.78, 5) is 33.6. The van der Waals surface area contributed by atoms with E-state index in [-0.39, 0.29) is 17.7 Å². The summed E-state index contributed by atoms with van der Waals surface area (Å²) in [6.45, 7) is 8.14. The highest BCUT2D eigenvalue weighted by Crippen LogP contribution is 2.27. The molecule has 3 aromatic carbocycles. The Morgan fingerprint density at radius 1 is 0.842 bits per heavy atom. The van der Waals surface area contributed by atoms with Gasteiger partial charge in [0.1, 0.15) is 5.75 Å². The van der Waals surface area contributed by atoms with E-state index in [1.165, 1.54) is 5.56 Å². The summed E-state index contributed by atoms with van der Waals surface area (Å²) in [7, 11) is 1.59. The highest BCUT2D eigenvalue weighted by Gasteiger charge is 2.25.